The van der Waals surface area contributed by atoms with Crippen molar-refractivity contribution in [1.82, 2.24) is 0 Å². The minimum atomic E-state index is 0.0991. The highest BCUT2D eigenvalue weighted by Gasteiger charge is 2.26. The molecule has 0 saturated heterocycles. The van der Waals surface area contributed by atoms with Crippen molar-refractivity contribution < 1.29 is 4.74 Å². The van der Waals surface area contributed by atoms with Crippen molar-refractivity contribution in [2.45, 2.75) is 52.0 Å². The van der Waals surface area contributed by atoms with E-state index in [1.54, 1.807) is 0 Å². The molecule has 0 unspecified atom stereocenters. The van der Waals surface area contributed by atoms with E-state index in [0.717, 1.165) is 25.2 Å². The summed E-state index contributed by atoms with van der Waals surface area (Å²) < 4.78 is 5.98. The maximum Gasteiger partial charge on any atom is 0.128 e. The maximum absolute atomic E-state index is 6.28. The van der Waals surface area contributed by atoms with Gasteiger partial charge in [0.25, 0.3) is 0 Å². The molecule has 0 amide bonds. The summed E-state index contributed by atoms with van der Waals surface area (Å²) in [6.45, 7) is 9.57. The molecule has 1 heterocycles. The van der Waals surface area contributed by atoms with Gasteiger partial charge in [-0.15, -0.1) is 0 Å². The van der Waals surface area contributed by atoms with Crippen LogP contribution in [0.25, 0.3) is 0 Å². The lowest BCUT2D eigenvalue weighted by Gasteiger charge is -2.26. The van der Waals surface area contributed by atoms with Gasteiger partial charge in [0.1, 0.15) is 5.75 Å². The number of nitrogens with two attached hydrogens (primary N) is 1. The fourth-order valence-electron chi connectivity index (χ4n) is 2.53. The second kappa shape index (κ2) is 4.34. The van der Waals surface area contributed by atoms with Gasteiger partial charge in [0, 0.05) is 11.6 Å². The van der Waals surface area contributed by atoms with Gasteiger partial charge in [0.05, 0.1) is 6.61 Å². The average Bonchev–Trinajstić information content (AvgIpc) is 2.40. The fraction of sp³-hybridized carbons (Fsp3) is 0.600. The molecule has 1 atom stereocenters. The van der Waals surface area contributed by atoms with Gasteiger partial charge < -0.3 is 10.5 Å². The minimum absolute atomic E-state index is 0.0991. The third kappa shape index (κ3) is 2.32. The van der Waals surface area contributed by atoms with Gasteiger partial charge in [-0.25, -0.2) is 0 Å². The molecule has 94 valence electrons. The van der Waals surface area contributed by atoms with Crippen molar-refractivity contribution in [3.8, 4) is 5.75 Å². The number of fused-ring (bicyclic) bond motifs is 1. The monoisotopic (exact) mass is 233 g/mol. The SMILES string of the molecule is Cc1ccc(C(C)(C)C)c2c1[C@H](N)CCCO2. The van der Waals surface area contributed by atoms with E-state index in [0.29, 0.717) is 0 Å². The van der Waals surface area contributed by atoms with Gasteiger partial charge in [-0.2, -0.15) is 0 Å². The number of benzene rings is 1. The molecule has 0 aromatic heterocycles. The molecule has 2 rings (SSSR count). The number of ether oxygens (including phenoxy) is 1. The normalized spacial score (nSPS) is 20.4. The summed E-state index contributed by atoms with van der Waals surface area (Å²) in [5.41, 5.74) is 10.1. The Morgan fingerprint density at radius 1 is 1.29 bits per heavy atom. The van der Waals surface area contributed by atoms with Crippen LogP contribution >= 0.6 is 0 Å². The summed E-state index contributed by atoms with van der Waals surface area (Å²) in [5, 5.41) is 0. The first-order valence-electron chi connectivity index (χ1n) is 6.43. The van der Waals surface area contributed by atoms with Crippen molar-refractivity contribution in [3.05, 3.63) is 28.8 Å². The molecule has 17 heavy (non-hydrogen) atoms. The first-order chi connectivity index (χ1) is 7.91. The number of rotatable bonds is 0. The highest BCUT2D eigenvalue weighted by molar-refractivity contribution is 5.50. The predicted octanol–water partition coefficient (Wildman–Crippen LogP) is 3.46. The van der Waals surface area contributed by atoms with Crippen molar-refractivity contribution in [2.75, 3.05) is 6.61 Å². The molecule has 0 fully saturated rings. The average molecular weight is 233 g/mol. The largest absolute Gasteiger partial charge is 0.493 e. The van der Waals surface area contributed by atoms with Gasteiger partial charge in [0.2, 0.25) is 0 Å². The van der Waals surface area contributed by atoms with Crippen LogP contribution in [0.2, 0.25) is 0 Å². The first-order valence-corrected chi connectivity index (χ1v) is 6.43. The topological polar surface area (TPSA) is 35.2 Å². The molecule has 1 aliphatic heterocycles. The van der Waals surface area contributed by atoms with E-state index < -0.39 is 0 Å². The summed E-state index contributed by atoms with van der Waals surface area (Å²) >= 11 is 0. The van der Waals surface area contributed by atoms with Crippen molar-refractivity contribution in [1.29, 1.82) is 0 Å². The second-order valence-electron chi connectivity index (χ2n) is 6.02. The molecular weight excluding hydrogens is 210 g/mol. The molecule has 1 aromatic rings. The lowest BCUT2D eigenvalue weighted by molar-refractivity contribution is 0.308. The zero-order chi connectivity index (χ0) is 12.6. The Morgan fingerprint density at radius 3 is 2.65 bits per heavy atom. The summed E-state index contributed by atoms with van der Waals surface area (Å²) in [4.78, 5) is 0. The molecule has 0 aliphatic carbocycles. The Balaban J connectivity index is 2.62. The van der Waals surface area contributed by atoms with Gasteiger partial charge in [-0.3, -0.25) is 0 Å². The Bertz CT molecular complexity index is 418. The smallest absolute Gasteiger partial charge is 0.128 e. The molecule has 0 bridgehead atoms. The van der Waals surface area contributed by atoms with Crippen LogP contribution in [0.5, 0.6) is 5.75 Å². The molecule has 1 aliphatic rings. The molecule has 1 aromatic carbocycles. The Morgan fingerprint density at radius 2 is 2.00 bits per heavy atom. The van der Waals surface area contributed by atoms with Crippen LogP contribution in [0, 0.1) is 6.92 Å². The Labute approximate surface area is 104 Å². The molecule has 2 N–H and O–H groups in total. The standard InChI is InChI=1S/C15H23NO/c1-10-7-8-11(15(2,3)4)14-13(10)12(16)6-5-9-17-14/h7-8,12H,5-6,9,16H2,1-4H3/t12-/m1/s1. The molecule has 2 heteroatoms. The van der Waals surface area contributed by atoms with Crippen molar-refractivity contribution >= 4 is 0 Å². The lowest BCUT2D eigenvalue weighted by atomic mass is 9.83. The van der Waals surface area contributed by atoms with Crippen LogP contribution in [0.4, 0.5) is 0 Å². The van der Waals surface area contributed by atoms with Crippen LogP contribution in [-0.2, 0) is 5.41 Å². The summed E-state index contributed by atoms with van der Waals surface area (Å²) in [6.07, 6.45) is 2.06. The van der Waals surface area contributed by atoms with Crippen molar-refractivity contribution in [3.63, 3.8) is 0 Å². The summed E-state index contributed by atoms with van der Waals surface area (Å²) in [7, 11) is 0. The zero-order valence-electron chi connectivity index (χ0n) is 11.3. The van der Waals surface area contributed by atoms with Gasteiger partial charge in [0.15, 0.2) is 0 Å². The van der Waals surface area contributed by atoms with Crippen LogP contribution in [0.1, 0.15) is 56.3 Å². The highest BCUT2D eigenvalue weighted by Crippen LogP contribution is 2.40. The van der Waals surface area contributed by atoms with E-state index in [2.05, 4.69) is 39.8 Å². The highest BCUT2D eigenvalue weighted by atomic mass is 16.5. The molecular formula is C15H23NO. The minimum Gasteiger partial charge on any atom is -0.493 e. The van der Waals surface area contributed by atoms with Crippen LogP contribution in [0.15, 0.2) is 12.1 Å². The molecule has 0 radical (unpaired) electrons. The Kier molecular flexibility index (Phi) is 3.17. The van der Waals surface area contributed by atoms with Crippen LogP contribution < -0.4 is 10.5 Å². The van der Waals surface area contributed by atoms with Gasteiger partial charge in [-0.05, 0) is 36.3 Å². The van der Waals surface area contributed by atoms with E-state index in [-0.39, 0.29) is 11.5 Å². The number of aryl methyl sites for hydroxylation is 1. The zero-order valence-corrected chi connectivity index (χ0v) is 11.3. The predicted molar refractivity (Wildman–Crippen MR) is 71.5 cm³/mol. The summed E-state index contributed by atoms with van der Waals surface area (Å²) in [5.74, 6) is 1.04. The van der Waals surface area contributed by atoms with E-state index in [1.807, 2.05) is 0 Å². The first kappa shape index (κ1) is 12.4. The number of hydrogen-bond acceptors (Lipinski definition) is 2. The third-order valence-electron chi connectivity index (χ3n) is 3.50. The fourth-order valence-corrected chi connectivity index (χ4v) is 2.53. The van der Waals surface area contributed by atoms with E-state index in [4.69, 9.17) is 10.5 Å². The van der Waals surface area contributed by atoms with Crippen LogP contribution in [-0.4, -0.2) is 6.61 Å². The van der Waals surface area contributed by atoms with E-state index >= 15 is 0 Å². The van der Waals surface area contributed by atoms with Crippen LogP contribution in [0.3, 0.4) is 0 Å². The van der Waals surface area contributed by atoms with E-state index in [9.17, 15) is 0 Å². The van der Waals surface area contributed by atoms with Gasteiger partial charge in [-0.1, -0.05) is 32.9 Å². The Hall–Kier alpha value is -1.02. The van der Waals surface area contributed by atoms with Gasteiger partial charge >= 0.3 is 0 Å². The number of hydrogen-bond donors (Lipinski definition) is 1. The molecule has 2 nitrogen and oxygen atoms in total. The molecule has 0 spiro atoms. The molecule has 0 saturated carbocycles. The third-order valence-corrected chi connectivity index (χ3v) is 3.50. The maximum atomic E-state index is 6.28. The second-order valence-corrected chi connectivity index (χ2v) is 6.02. The van der Waals surface area contributed by atoms with E-state index in [1.165, 1.54) is 16.7 Å². The summed E-state index contributed by atoms with van der Waals surface area (Å²) in [6, 6.07) is 4.48. The lowest BCUT2D eigenvalue weighted by Crippen LogP contribution is -2.17. The quantitative estimate of drug-likeness (QED) is 0.744. The van der Waals surface area contributed by atoms with Crippen molar-refractivity contribution in [2.24, 2.45) is 5.73 Å².